The van der Waals surface area contributed by atoms with Gasteiger partial charge < -0.3 is 0 Å². The Bertz CT molecular complexity index is 492. The number of nitrogens with zero attached hydrogens (tertiary/aromatic N) is 1. The number of hydrogen-bond donors (Lipinski definition) is 0. The van der Waals surface area contributed by atoms with Crippen molar-refractivity contribution in [1.29, 1.82) is 0 Å². The molecule has 13 heteroatoms. The second kappa shape index (κ2) is 7.61. The van der Waals surface area contributed by atoms with E-state index in [1.807, 2.05) is 3.77 Å². The van der Waals surface area contributed by atoms with Crippen LogP contribution in [0.25, 0.3) is 0 Å². The van der Waals surface area contributed by atoms with Gasteiger partial charge in [-0.15, -0.1) is 6.58 Å². The Labute approximate surface area is 143 Å². The second-order valence-corrected chi connectivity index (χ2v) is 6.09. The molecule has 0 aromatic carbocycles. The molecule has 0 N–H and O–H groups in total. The number of rotatable bonds is 5. The fraction of sp³-hybridized carbons (Fsp3) is 0.600. The first-order valence-corrected chi connectivity index (χ1v) is 6.63. The molecule has 0 saturated carbocycles. The zero-order chi connectivity index (χ0) is 13.9. The van der Waals surface area contributed by atoms with E-state index < -0.39 is 37.9 Å². The number of hydrogen-bond acceptors (Lipinski definition) is 4. The summed E-state index contributed by atoms with van der Waals surface area (Å²) in [7, 11) is -10.9. The third-order valence-corrected chi connectivity index (χ3v) is 4.38. The van der Waals surface area contributed by atoms with Gasteiger partial charge in [-0.3, -0.25) is 0 Å². The SMILES string of the molecule is C=CCS(=O)(=O)N=S(=O)(OC(F)F)C(F)(F)F.[K+]. The van der Waals surface area contributed by atoms with E-state index >= 15 is 0 Å². The quantitative estimate of drug-likeness (QED) is 0.352. The molecule has 0 aromatic rings. The van der Waals surface area contributed by atoms with Crippen LogP contribution in [0.2, 0.25) is 0 Å². The van der Waals surface area contributed by atoms with Crippen LogP contribution in [-0.4, -0.2) is 30.5 Å². The first-order chi connectivity index (χ1) is 7.43. The Morgan fingerprint density at radius 1 is 1.28 bits per heavy atom. The van der Waals surface area contributed by atoms with Crippen molar-refractivity contribution in [1.82, 2.24) is 0 Å². The Morgan fingerprint density at radius 3 is 2.00 bits per heavy atom. The molecule has 0 bridgehead atoms. The number of alkyl halides is 5. The fourth-order valence-electron chi connectivity index (χ4n) is 0.542. The largest absolute Gasteiger partial charge is 1.00 e. The van der Waals surface area contributed by atoms with Crippen molar-refractivity contribution in [2.75, 3.05) is 5.75 Å². The molecule has 0 aromatic heterocycles. The van der Waals surface area contributed by atoms with Crippen LogP contribution in [0.5, 0.6) is 0 Å². The molecule has 0 rings (SSSR count). The molecule has 0 fully saturated rings. The van der Waals surface area contributed by atoms with Crippen LogP contribution in [0.1, 0.15) is 0 Å². The van der Waals surface area contributed by atoms with Gasteiger partial charge in [-0.05, 0) is 0 Å². The summed E-state index contributed by atoms with van der Waals surface area (Å²) in [6.07, 6.45) is 0.650. The third kappa shape index (κ3) is 6.88. The fourth-order valence-corrected chi connectivity index (χ4v) is 3.06. The van der Waals surface area contributed by atoms with Gasteiger partial charge in [0.15, 0.2) is 0 Å². The van der Waals surface area contributed by atoms with Crippen LogP contribution in [0.15, 0.2) is 16.4 Å². The molecule has 0 amide bonds. The van der Waals surface area contributed by atoms with E-state index in [9.17, 15) is 34.6 Å². The summed E-state index contributed by atoms with van der Waals surface area (Å²) < 4.78 is 96.8. The van der Waals surface area contributed by atoms with Crippen molar-refractivity contribution in [3.8, 4) is 0 Å². The van der Waals surface area contributed by atoms with Gasteiger partial charge in [0.2, 0.25) is 0 Å². The average Bonchev–Trinajstić information content (AvgIpc) is 1.97. The van der Waals surface area contributed by atoms with E-state index in [-0.39, 0.29) is 51.4 Å². The second-order valence-electron chi connectivity index (χ2n) is 2.39. The molecule has 5 nitrogen and oxygen atoms in total. The molecule has 102 valence electrons. The van der Waals surface area contributed by atoms with Crippen LogP contribution in [0, 0.1) is 0 Å². The van der Waals surface area contributed by atoms with Crippen molar-refractivity contribution in [3.63, 3.8) is 0 Å². The third-order valence-electron chi connectivity index (χ3n) is 1.04. The Hall–Kier alpha value is 0.886. The predicted molar refractivity (Wildman–Crippen MR) is 47.7 cm³/mol. The molecule has 0 spiro atoms. The summed E-state index contributed by atoms with van der Waals surface area (Å²) >= 11 is 0. The van der Waals surface area contributed by atoms with Crippen molar-refractivity contribution >= 4 is 20.0 Å². The number of halogens is 5. The smallest absolute Gasteiger partial charge is 0.211 e. The Kier molecular flexibility index (Phi) is 8.96. The zero-order valence-electron chi connectivity index (χ0n) is 8.86. The minimum atomic E-state index is -6.05. The van der Waals surface area contributed by atoms with Gasteiger partial charge in [0.05, 0.1) is 5.75 Å². The van der Waals surface area contributed by atoms with E-state index in [0.29, 0.717) is 6.08 Å². The summed E-state index contributed by atoms with van der Waals surface area (Å²) in [5.41, 5.74) is -5.86. The van der Waals surface area contributed by atoms with Crippen LogP contribution >= 0.6 is 0 Å². The molecule has 18 heavy (non-hydrogen) atoms. The van der Waals surface area contributed by atoms with Crippen LogP contribution in [-0.2, 0) is 24.2 Å². The predicted octanol–water partition coefficient (Wildman–Crippen LogP) is -1.35. The maximum atomic E-state index is 12.1. The average molecular weight is 342 g/mol. The summed E-state index contributed by atoms with van der Waals surface area (Å²) in [5, 5.41) is 0. The Balaban J connectivity index is 0. The van der Waals surface area contributed by atoms with Crippen molar-refractivity contribution in [2.24, 2.45) is 3.77 Å². The van der Waals surface area contributed by atoms with Gasteiger partial charge in [0, 0.05) is 0 Å². The maximum absolute atomic E-state index is 12.1. The molecule has 0 heterocycles. The van der Waals surface area contributed by atoms with E-state index in [0.717, 1.165) is 0 Å². The zero-order valence-corrected chi connectivity index (χ0v) is 13.6. The van der Waals surface area contributed by atoms with E-state index in [1.165, 1.54) is 0 Å². The first kappa shape index (κ1) is 21.2. The maximum Gasteiger partial charge on any atom is 1.00 e. The molecule has 0 aliphatic rings. The van der Waals surface area contributed by atoms with Crippen molar-refractivity contribution in [3.05, 3.63) is 12.7 Å². The van der Waals surface area contributed by atoms with E-state index in [2.05, 4.69) is 10.8 Å². The summed E-state index contributed by atoms with van der Waals surface area (Å²) in [6.45, 7) is -1.19. The summed E-state index contributed by atoms with van der Waals surface area (Å²) in [4.78, 5) is 0. The van der Waals surface area contributed by atoms with Gasteiger partial charge >= 0.3 is 63.5 Å². The summed E-state index contributed by atoms with van der Waals surface area (Å²) in [6, 6.07) is 0. The summed E-state index contributed by atoms with van der Waals surface area (Å²) in [5.74, 6) is -1.09. The minimum Gasteiger partial charge on any atom is -0.211 e. The monoisotopic (exact) mass is 342 g/mol. The molecule has 0 saturated heterocycles. The molecule has 0 aliphatic carbocycles. The molecule has 0 radical (unpaired) electrons. The van der Waals surface area contributed by atoms with Crippen molar-refractivity contribution < 1.29 is 90.1 Å². The topological polar surface area (TPSA) is 72.8 Å². The van der Waals surface area contributed by atoms with Gasteiger partial charge in [-0.25, -0.2) is 16.8 Å². The Morgan fingerprint density at radius 2 is 1.72 bits per heavy atom. The van der Waals surface area contributed by atoms with Gasteiger partial charge in [-0.2, -0.15) is 22.0 Å². The van der Waals surface area contributed by atoms with Crippen LogP contribution < -0.4 is 51.4 Å². The molecule has 1 atom stereocenters. The van der Waals surface area contributed by atoms with E-state index in [1.54, 1.807) is 0 Å². The molecule has 1 unspecified atom stereocenters. The van der Waals surface area contributed by atoms with Gasteiger partial charge in [-0.1, -0.05) is 9.84 Å². The molecular weight excluding hydrogens is 336 g/mol. The molecular formula is C5H6F5KNO4S2+. The molecule has 0 aliphatic heterocycles. The first-order valence-electron chi connectivity index (χ1n) is 3.58. The van der Waals surface area contributed by atoms with Crippen LogP contribution in [0.4, 0.5) is 22.0 Å². The normalized spacial score (nSPS) is 15.7. The van der Waals surface area contributed by atoms with Gasteiger partial charge in [0.25, 0.3) is 20.0 Å². The minimum absolute atomic E-state index is 0. The van der Waals surface area contributed by atoms with Gasteiger partial charge in [0.1, 0.15) is 0 Å². The van der Waals surface area contributed by atoms with E-state index in [4.69, 9.17) is 0 Å². The standard InChI is InChI=1S/C5H6F5NO4S2.K/c1-2-3-16(12,13)11-17(14,5(8,9)10)15-4(6)7;/h2,4H,1,3H2;/q;+1. The number of sulfonamides is 1. The van der Waals surface area contributed by atoms with Crippen LogP contribution in [0.3, 0.4) is 0 Å². The van der Waals surface area contributed by atoms with Crippen molar-refractivity contribution in [2.45, 2.75) is 12.1 Å².